The molecule has 3 aromatic rings. The highest BCUT2D eigenvalue weighted by atomic mass is 32.2. The Morgan fingerprint density at radius 1 is 1.00 bits per heavy atom. The van der Waals surface area contributed by atoms with Crippen LogP contribution in [0.4, 0.5) is 14.6 Å². The van der Waals surface area contributed by atoms with Crippen LogP contribution < -0.4 is 9.64 Å². The van der Waals surface area contributed by atoms with E-state index in [0.29, 0.717) is 25.5 Å². The Balaban J connectivity index is 1.48. The normalized spacial score (nSPS) is 17.4. The molecule has 1 aromatic heterocycles. The van der Waals surface area contributed by atoms with Crippen molar-refractivity contribution in [1.82, 2.24) is 14.3 Å². The maximum absolute atomic E-state index is 13.4. The van der Waals surface area contributed by atoms with Crippen LogP contribution >= 0.6 is 0 Å². The minimum Gasteiger partial charge on any atom is -0.439 e. The predicted octanol–water partition coefficient (Wildman–Crippen LogP) is 3.75. The van der Waals surface area contributed by atoms with Crippen LogP contribution in [0, 0.1) is 18.6 Å². The van der Waals surface area contributed by atoms with Crippen LogP contribution in [0.3, 0.4) is 0 Å². The van der Waals surface area contributed by atoms with E-state index in [4.69, 9.17) is 4.74 Å². The van der Waals surface area contributed by atoms with Gasteiger partial charge in [-0.3, -0.25) is 0 Å². The van der Waals surface area contributed by atoms with Gasteiger partial charge in [-0.2, -0.15) is 4.31 Å². The van der Waals surface area contributed by atoms with Crippen molar-refractivity contribution in [2.75, 3.05) is 24.5 Å². The van der Waals surface area contributed by atoms with Gasteiger partial charge in [-0.05, 0) is 38.1 Å². The number of halogens is 2. The molecule has 0 aliphatic carbocycles. The molecule has 0 radical (unpaired) electrons. The third-order valence-electron chi connectivity index (χ3n) is 5.26. The molecule has 168 valence electrons. The number of hydrogen-bond donors (Lipinski definition) is 0. The summed E-state index contributed by atoms with van der Waals surface area (Å²) in [6.07, 6.45) is 1.31. The number of aryl methyl sites for hydroxylation is 1. The molecule has 1 aliphatic heterocycles. The lowest BCUT2D eigenvalue weighted by atomic mass is 10.2. The minimum absolute atomic E-state index is 0.107. The van der Waals surface area contributed by atoms with Crippen LogP contribution in [0.1, 0.15) is 12.5 Å². The predicted molar refractivity (Wildman–Crippen MR) is 115 cm³/mol. The van der Waals surface area contributed by atoms with Gasteiger partial charge in [-0.1, -0.05) is 17.7 Å². The molecule has 1 atom stereocenters. The van der Waals surface area contributed by atoms with Crippen molar-refractivity contribution in [2.45, 2.75) is 24.8 Å². The van der Waals surface area contributed by atoms with Crippen LogP contribution in [-0.4, -0.2) is 48.4 Å². The molecule has 7 nitrogen and oxygen atoms in total. The van der Waals surface area contributed by atoms with Crippen LogP contribution in [0.2, 0.25) is 0 Å². The summed E-state index contributed by atoms with van der Waals surface area (Å²) < 4.78 is 59.7. The number of piperazine rings is 1. The summed E-state index contributed by atoms with van der Waals surface area (Å²) in [4.78, 5) is 10.5. The van der Waals surface area contributed by atoms with Gasteiger partial charge in [0.1, 0.15) is 17.9 Å². The third-order valence-corrected chi connectivity index (χ3v) is 7.29. The highest BCUT2D eigenvalue weighted by molar-refractivity contribution is 7.89. The number of nitrogens with zero attached hydrogens (tertiary/aromatic N) is 4. The van der Waals surface area contributed by atoms with E-state index in [-0.39, 0.29) is 22.6 Å². The number of sulfonamides is 1. The standard InChI is InChI=1S/C22H22F2N4O3S/c1-15-3-6-18(7-4-15)32(29,30)28-10-9-27(13-16(28)2)21-12-22(26-14-25-21)31-17-5-8-19(23)20(24)11-17/h3-8,11-12,14,16H,9-10,13H2,1-2H3/t16-/m0/s1. The molecule has 10 heteroatoms. The van der Waals surface area contributed by atoms with E-state index in [1.54, 1.807) is 30.3 Å². The molecule has 0 saturated carbocycles. The van der Waals surface area contributed by atoms with Gasteiger partial charge in [0.15, 0.2) is 11.6 Å². The molecule has 0 unspecified atom stereocenters. The van der Waals surface area contributed by atoms with Gasteiger partial charge >= 0.3 is 0 Å². The van der Waals surface area contributed by atoms with E-state index in [9.17, 15) is 17.2 Å². The van der Waals surface area contributed by atoms with Crippen molar-refractivity contribution < 1.29 is 21.9 Å². The lowest BCUT2D eigenvalue weighted by molar-refractivity contribution is 0.305. The summed E-state index contributed by atoms with van der Waals surface area (Å²) in [5, 5.41) is 0. The summed E-state index contributed by atoms with van der Waals surface area (Å²) in [7, 11) is -3.61. The zero-order chi connectivity index (χ0) is 22.9. The number of aromatic nitrogens is 2. The largest absolute Gasteiger partial charge is 0.439 e. The second-order valence-corrected chi connectivity index (χ2v) is 9.51. The summed E-state index contributed by atoms with van der Waals surface area (Å²) >= 11 is 0. The first-order chi connectivity index (χ1) is 15.2. The van der Waals surface area contributed by atoms with Crippen molar-refractivity contribution in [3.8, 4) is 11.6 Å². The fourth-order valence-corrected chi connectivity index (χ4v) is 5.18. The molecule has 4 rings (SSSR count). The van der Waals surface area contributed by atoms with Crippen LogP contribution in [0.25, 0.3) is 0 Å². The minimum atomic E-state index is -3.61. The monoisotopic (exact) mass is 460 g/mol. The van der Waals surface area contributed by atoms with Crippen molar-refractivity contribution in [3.63, 3.8) is 0 Å². The summed E-state index contributed by atoms with van der Waals surface area (Å²) in [6.45, 7) is 4.90. The fourth-order valence-electron chi connectivity index (χ4n) is 3.57. The third kappa shape index (κ3) is 4.56. The van der Waals surface area contributed by atoms with E-state index < -0.39 is 21.7 Å². The average Bonchev–Trinajstić information content (AvgIpc) is 2.76. The highest BCUT2D eigenvalue weighted by Gasteiger charge is 2.34. The number of benzene rings is 2. The van der Waals surface area contributed by atoms with Crippen molar-refractivity contribution in [1.29, 1.82) is 0 Å². The number of anilines is 1. The fraction of sp³-hybridized carbons (Fsp3) is 0.273. The first-order valence-electron chi connectivity index (χ1n) is 10.0. The smallest absolute Gasteiger partial charge is 0.243 e. The van der Waals surface area contributed by atoms with Gasteiger partial charge in [0.2, 0.25) is 15.9 Å². The second kappa shape index (κ2) is 8.79. The maximum Gasteiger partial charge on any atom is 0.243 e. The van der Waals surface area contributed by atoms with Crippen molar-refractivity contribution >= 4 is 15.8 Å². The molecule has 0 spiro atoms. The molecule has 0 N–H and O–H groups in total. The Kier molecular flexibility index (Phi) is 6.07. The van der Waals surface area contributed by atoms with Gasteiger partial charge in [0.05, 0.1) is 4.90 Å². The topological polar surface area (TPSA) is 75.6 Å². The van der Waals surface area contributed by atoms with E-state index in [1.165, 1.54) is 16.7 Å². The van der Waals surface area contributed by atoms with Crippen molar-refractivity contribution in [3.05, 3.63) is 72.1 Å². The Hall–Kier alpha value is -3.11. The maximum atomic E-state index is 13.4. The molecule has 2 aromatic carbocycles. The average molecular weight is 461 g/mol. The Morgan fingerprint density at radius 3 is 2.44 bits per heavy atom. The number of rotatable bonds is 5. The van der Waals surface area contributed by atoms with Crippen LogP contribution in [0.5, 0.6) is 11.6 Å². The Bertz CT molecular complexity index is 1220. The summed E-state index contributed by atoms with van der Waals surface area (Å²) in [5.41, 5.74) is 0.993. The van der Waals surface area contributed by atoms with Gasteiger partial charge < -0.3 is 9.64 Å². The molecule has 1 fully saturated rings. The summed E-state index contributed by atoms with van der Waals surface area (Å²) in [6, 6.07) is 11.3. The first-order valence-corrected chi connectivity index (χ1v) is 11.5. The summed E-state index contributed by atoms with van der Waals surface area (Å²) in [5.74, 6) is -1.15. The molecular formula is C22H22F2N4O3S. The van der Waals surface area contributed by atoms with Crippen LogP contribution in [-0.2, 0) is 10.0 Å². The lowest BCUT2D eigenvalue weighted by Gasteiger charge is -2.39. The number of ether oxygens (including phenoxy) is 1. The van der Waals surface area contributed by atoms with Gasteiger partial charge in [0.25, 0.3) is 0 Å². The van der Waals surface area contributed by atoms with Crippen LogP contribution in [0.15, 0.2) is 59.8 Å². The van der Waals surface area contributed by atoms with E-state index in [2.05, 4.69) is 9.97 Å². The molecule has 1 saturated heterocycles. The molecule has 0 amide bonds. The van der Waals surface area contributed by atoms with Crippen molar-refractivity contribution in [2.24, 2.45) is 0 Å². The molecule has 2 heterocycles. The zero-order valence-electron chi connectivity index (χ0n) is 17.6. The van der Waals surface area contributed by atoms with Gasteiger partial charge in [0, 0.05) is 37.8 Å². The molecular weight excluding hydrogens is 438 g/mol. The zero-order valence-corrected chi connectivity index (χ0v) is 18.4. The van der Waals surface area contributed by atoms with E-state index >= 15 is 0 Å². The van der Waals surface area contributed by atoms with Gasteiger partial charge in [-0.15, -0.1) is 0 Å². The second-order valence-electron chi connectivity index (χ2n) is 7.62. The Labute approximate surface area is 185 Å². The van der Waals surface area contributed by atoms with E-state index in [1.807, 2.05) is 18.7 Å². The SMILES string of the molecule is Cc1ccc(S(=O)(=O)N2CCN(c3cc(Oc4ccc(F)c(F)c4)ncn3)C[C@@H]2C)cc1. The lowest BCUT2D eigenvalue weighted by Crippen LogP contribution is -2.54. The first kappa shape index (κ1) is 22.1. The molecule has 0 bridgehead atoms. The quantitative estimate of drug-likeness (QED) is 0.577. The molecule has 1 aliphatic rings. The van der Waals surface area contributed by atoms with Gasteiger partial charge in [-0.25, -0.2) is 27.2 Å². The number of hydrogen-bond acceptors (Lipinski definition) is 6. The molecule has 32 heavy (non-hydrogen) atoms. The Morgan fingerprint density at radius 2 is 1.75 bits per heavy atom. The van der Waals surface area contributed by atoms with E-state index in [0.717, 1.165) is 17.7 Å². The highest BCUT2D eigenvalue weighted by Crippen LogP contribution is 2.27.